The number of nitrogens with zero attached hydrogens (tertiary/aromatic N) is 2. The maximum atomic E-state index is 11.4. The van der Waals surface area contributed by atoms with E-state index in [1.807, 2.05) is 30.0 Å². The molecule has 0 radical (unpaired) electrons. The molecule has 0 spiro atoms. The van der Waals surface area contributed by atoms with Crippen LogP contribution in [0.2, 0.25) is 0 Å². The number of ether oxygens (including phenoxy) is 3. The fourth-order valence-electron chi connectivity index (χ4n) is 2.59. The molecule has 7 heteroatoms. The average Bonchev–Trinajstić information content (AvgIpc) is 2.95. The lowest BCUT2D eigenvalue weighted by atomic mass is 10.0. The Hall–Kier alpha value is -2.44. The predicted octanol–water partition coefficient (Wildman–Crippen LogP) is 1.79. The van der Waals surface area contributed by atoms with Crippen LogP contribution in [0.1, 0.15) is 18.5 Å². The molecular formula is C15H21N3O4. The number of carbonyl (C=O) groups excluding carboxylic acids is 1. The summed E-state index contributed by atoms with van der Waals surface area (Å²) < 4.78 is 15.6. The molecule has 22 heavy (non-hydrogen) atoms. The smallest absolute Gasteiger partial charge is 0.413 e. The topological polar surface area (TPSA) is 72.4 Å². The van der Waals surface area contributed by atoms with Gasteiger partial charge >= 0.3 is 6.09 Å². The van der Waals surface area contributed by atoms with Gasteiger partial charge in [0.05, 0.1) is 39.5 Å². The Balaban J connectivity index is 2.33. The number of aliphatic imine (C=N–C) groups is 1. The number of rotatable bonds is 4. The van der Waals surface area contributed by atoms with Gasteiger partial charge in [-0.15, -0.1) is 0 Å². The highest BCUT2D eigenvalue weighted by atomic mass is 16.5. The molecule has 1 unspecified atom stereocenters. The molecule has 1 amide bonds. The van der Waals surface area contributed by atoms with E-state index in [2.05, 4.69) is 15.0 Å². The predicted molar refractivity (Wildman–Crippen MR) is 82.5 cm³/mol. The maximum absolute atomic E-state index is 11.4. The molecule has 1 atom stereocenters. The third-order valence-electron chi connectivity index (χ3n) is 3.60. The van der Waals surface area contributed by atoms with Crippen molar-refractivity contribution in [3.05, 3.63) is 23.8 Å². The summed E-state index contributed by atoms with van der Waals surface area (Å²) in [7, 11) is 4.57. The fourth-order valence-corrected chi connectivity index (χ4v) is 2.59. The summed E-state index contributed by atoms with van der Waals surface area (Å²) >= 11 is 0. The van der Waals surface area contributed by atoms with Gasteiger partial charge in [-0.1, -0.05) is 6.07 Å². The highest BCUT2D eigenvalue weighted by Gasteiger charge is 2.33. The number of likely N-dealkylation sites (N-methyl/N-ethyl adjacent to an activating group) is 1. The highest BCUT2D eigenvalue weighted by molar-refractivity contribution is 5.95. The van der Waals surface area contributed by atoms with Crippen LogP contribution >= 0.6 is 0 Å². The molecule has 1 aromatic carbocycles. The van der Waals surface area contributed by atoms with Crippen LogP contribution < -0.4 is 14.8 Å². The number of benzene rings is 1. The Bertz CT molecular complexity index is 552. The van der Waals surface area contributed by atoms with Gasteiger partial charge < -0.3 is 19.1 Å². The molecule has 0 bridgehead atoms. The van der Waals surface area contributed by atoms with Crippen molar-refractivity contribution in [2.24, 2.45) is 4.99 Å². The van der Waals surface area contributed by atoms with E-state index in [9.17, 15) is 4.79 Å². The first kappa shape index (κ1) is 15.9. The number of hydrogen-bond donors (Lipinski definition) is 1. The molecular weight excluding hydrogens is 286 g/mol. The Morgan fingerprint density at radius 2 is 1.95 bits per heavy atom. The van der Waals surface area contributed by atoms with Crippen LogP contribution in [0.25, 0.3) is 0 Å². The summed E-state index contributed by atoms with van der Waals surface area (Å²) in [6.07, 6.45) is -0.537. The van der Waals surface area contributed by atoms with Crippen LogP contribution in [0.15, 0.2) is 23.2 Å². The molecule has 1 aliphatic rings. The average molecular weight is 307 g/mol. The van der Waals surface area contributed by atoms with Gasteiger partial charge in [0.25, 0.3) is 0 Å². The molecule has 0 aromatic heterocycles. The summed E-state index contributed by atoms with van der Waals surface area (Å²) in [6.45, 7) is 3.17. The molecule has 0 aliphatic carbocycles. The van der Waals surface area contributed by atoms with Gasteiger partial charge in [0.15, 0.2) is 0 Å². The van der Waals surface area contributed by atoms with Gasteiger partial charge in [-0.2, -0.15) is 0 Å². The van der Waals surface area contributed by atoms with Crippen LogP contribution in [-0.2, 0) is 4.74 Å². The SMILES string of the molecule is CCN1C(NC(=O)OC)=NCC1c1c(OC)cccc1OC. The van der Waals surface area contributed by atoms with Gasteiger partial charge in [-0.25, -0.2) is 4.79 Å². The largest absolute Gasteiger partial charge is 0.496 e. The van der Waals surface area contributed by atoms with Crippen molar-refractivity contribution < 1.29 is 19.0 Å². The number of alkyl carbamates (subject to hydrolysis) is 1. The number of guanidine groups is 1. The van der Waals surface area contributed by atoms with Crippen molar-refractivity contribution in [2.45, 2.75) is 13.0 Å². The van der Waals surface area contributed by atoms with E-state index in [1.165, 1.54) is 7.11 Å². The highest BCUT2D eigenvalue weighted by Crippen LogP contribution is 2.39. The summed E-state index contributed by atoms with van der Waals surface area (Å²) in [4.78, 5) is 17.8. The third kappa shape index (κ3) is 2.93. The molecule has 1 aliphatic heterocycles. The second kappa shape index (κ2) is 7.02. The van der Waals surface area contributed by atoms with Gasteiger partial charge in [-0.05, 0) is 19.1 Å². The number of amides is 1. The zero-order valence-electron chi connectivity index (χ0n) is 13.3. The summed E-state index contributed by atoms with van der Waals surface area (Å²) in [5, 5.41) is 2.64. The molecule has 0 fully saturated rings. The Kier molecular flexibility index (Phi) is 5.08. The van der Waals surface area contributed by atoms with E-state index in [1.54, 1.807) is 14.2 Å². The van der Waals surface area contributed by atoms with Gasteiger partial charge in [-0.3, -0.25) is 10.3 Å². The zero-order valence-corrected chi connectivity index (χ0v) is 13.3. The van der Waals surface area contributed by atoms with Crippen LogP contribution in [0.4, 0.5) is 4.79 Å². The van der Waals surface area contributed by atoms with Crippen LogP contribution in [0, 0.1) is 0 Å². The first-order chi connectivity index (χ1) is 10.7. The number of carbonyl (C=O) groups is 1. The van der Waals surface area contributed by atoms with Crippen molar-refractivity contribution in [3.63, 3.8) is 0 Å². The van der Waals surface area contributed by atoms with Crippen molar-refractivity contribution in [3.8, 4) is 11.5 Å². The minimum Gasteiger partial charge on any atom is -0.496 e. The first-order valence-electron chi connectivity index (χ1n) is 7.03. The molecule has 2 rings (SSSR count). The molecule has 0 saturated carbocycles. The number of methoxy groups -OCH3 is 3. The molecule has 1 N–H and O–H groups in total. The summed E-state index contributed by atoms with van der Waals surface area (Å²) in [6, 6.07) is 5.58. The van der Waals surface area contributed by atoms with Crippen molar-refractivity contribution in [1.82, 2.24) is 10.2 Å². The Labute approximate surface area is 129 Å². The molecule has 7 nitrogen and oxygen atoms in total. The number of nitrogens with one attached hydrogen (secondary N) is 1. The monoisotopic (exact) mass is 307 g/mol. The van der Waals surface area contributed by atoms with E-state index in [0.29, 0.717) is 19.0 Å². The fraction of sp³-hybridized carbons (Fsp3) is 0.467. The maximum Gasteiger partial charge on any atom is 0.413 e. The third-order valence-corrected chi connectivity index (χ3v) is 3.60. The van der Waals surface area contributed by atoms with Crippen LogP contribution in [-0.4, -0.2) is 51.4 Å². The number of hydrogen-bond acceptors (Lipinski definition) is 6. The minimum absolute atomic E-state index is 0.0664. The summed E-state index contributed by atoms with van der Waals surface area (Å²) in [5.41, 5.74) is 0.916. The Morgan fingerprint density at radius 3 is 2.45 bits per heavy atom. The van der Waals surface area contributed by atoms with Gasteiger partial charge in [0.2, 0.25) is 5.96 Å². The van der Waals surface area contributed by atoms with E-state index >= 15 is 0 Å². The molecule has 1 heterocycles. The summed E-state index contributed by atoms with van der Waals surface area (Å²) in [5.74, 6) is 1.96. The lowest BCUT2D eigenvalue weighted by molar-refractivity contribution is 0.175. The molecule has 1 aromatic rings. The first-order valence-corrected chi connectivity index (χ1v) is 7.03. The van der Waals surface area contributed by atoms with Gasteiger partial charge in [0.1, 0.15) is 11.5 Å². The van der Waals surface area contributed by atoms with E-state index < -0.39 is 6.09 Å². The van der Waals surface area contributed by atoms with E-state index in [-0.39, 0.29) is 6.04 Å². The van der Waals surface area contributed by atoms with Crippen molar-refractivity contribution in [2.75, 3.05) is 34.4 Å². The van der Waals surface area contributed by atoms with Crippen LogP contribution in [0.3, 0.4) is 0 Å². The minimum atomic E-state index is -0.537. The standard InChI is InChI=1S/C15H21N3O4/c1-5-18-10(9-16-14(18)17-15(19)22-4)13-11(20-2)7-6-8-12(13)21-3/h6-8,10H,5,9H2,1-4H3,(H,16,17,19). The van der Waals surface area contributed by atoms with Crippen molar-refractivity contribution in [1.29, 1.82) is 0 Å². The molecule has 120 valence electrons. The van der Waals surface area contributed by atoms with E-state index in [4.69, 9.17) is 9.47 Å². The lowest BCUT2D eigenvalue weighted by Crippen LogP contribution is -2.42. The second-order valence-electron chi connectivity index (χ2n) is 4.66. The van der Waals surface area contributed by atoms with E-state index in [0.717, 1.165) is 17.1 Å². The Morgan fingerprint density at radius 1 is 1.32 bits per heavy atom. The lowest BCUT2D eigenvalue weighted by Gasteiger charge is -2.28. The second-order valence-corrected chi connectivity index (χ2v) is 4.66. The van der Waals surface area contributed by atoms with Crippen molar-refractivity contribution >= 4 is 12.1 Å². The quantitative estimate of drug-likeness (QED) is 0.918. The molecule has 0 saturated heterocycles. The van der Waals surface area contributed by atoms with Gasteiger partial charge in [0, 0.05) is 6.54 Å². The van der Waals surface area contributed by atoms with Crippen LogP contribution in [0.5, 0.6) is 11.5 Å². The zero-order chi connectivity index (χ0) is 16.1. The normalized spacial score (nSPS) is 17.0.